The Hall–Kier alpha value is -7.98. The third-order valence-corrected chi connectivity index (χ3v) is 12.3. The molecule has 12 N–H and O–H groups in total. The van der Waals surface area contributed by atoms with Crippen molar-refractivity contribution in [2.45, 2.75) is 81.8 Å². The van der Waals surface area contributed by atoms with Gasteiger partial charge in [-0.05, 0) is 167 Å². The first-order valence-corrected chi connectivity index (χ1v) is 25.0. The number of unbranched alkanes of at least 4 members (excludes halogenated alkanes) is 3. The van der Waals surface area contributed by atoms with Gasteiger partial charge in [-0.2, -0.15) is 0 Å². The predicted octanol–water partition coefficient (Wildman–Crippen LogP) is 7.47. The van der Waals surface area contributed by atoms with Crippen LogP contribution in [0.5, 0.6) is 0 Å². The van der Waals surface area contributed by atoms with E-state index in [9.17, 15) is 28.8 Å². The Bertz CT molecular complexity index is 2390. The van der Waals surface area contributed by atoms with Crippen molar-refractivity contribution in [2.75, 3.05) is 35.6 Å². The van der Waals surface area contributed by atoms with Gasteiger partial charge in [-0.15, -0.1) is 0 Å². The van der Waals surface area contributed by atoms with Gasteiger partial charge >= 0.3 is 0 Å². The van der Waals surface area contributed by atoms with Gasteiger partial charge in [0.1, 0.15) is 18.1 Å². The van der Waals surface area contributed by atoms with Crippen molar-refractivity contribution in [3.8, 4) is 0 Å². The molecule has 0 bridgehead atoms. The van der Waals surface area contributed by atoms with Gasteiger partial charge in [0.2, 0.25) is 17.7 Å². The number of rotatable bonds is 27. The molecular formula is C58H67N9O6. The van der Waals surface area contributed by atoms with Gasteiger partial charge in [0.05, 0.1) is 0 Å². The van der Waals surface area contributed by atoms with Gasteiger partial charge < -0.3 is 49.1 Å². The largest absolute Gasteiger partial charge is 0.340 e. The molecule has 0 saturated carbocycles. The first kappa shape index (κ1) is 54.4. The molecule has 0 unspecified atom stereocenters. The molecule has 0 saturated heterocycles. The summed E-state index contributed by atoms with van der Waals surface area (Å²) < 4.78 is 0. The highest BCUT2D eigenvalue weighted by atomic mass is 16.2. The van der Waals surface area contributed by atoms with Crippen LogP contribution in [0.2, 0.25) is 0 Å². The van der Waals surface area contributed by atoms with Crippen LogP contribution in [0.1, 0.15) is 111 Å². The summed E-state index contributed by atoms with van der Waals surface area (Å²) in [5.74, 6) is -2.49. The van der Waals surface area contributed by atoms with Crippen LogP contribution >= 0.6 is 0 Å². The van der Waals surface area contributed by atoms with Gasteiger partial charge in [0.15, 0.2) is 0 Å². The molecule has 15 nitrogen and oxygen atoms in total. The summed E-state index contributed by atoms with van der Waals surface area (Å²) >= 11 is 0. The van der Waals surface area contributed by atoms with E-state index in [2.05, 4.69) is 31.9 Å². The van der Waals surface area contributed by atoms with Crippen molar-refractivity contribution in [2.24, 2.45) is 17.2 Å². The fourth-order valence-electron chi connectivity index (χ4n) is 8.32. The Kier molecular flexibility index (Phi) is 21.4. The molecule has 0 aromatic heterocycles. The van der Waals surface area contributed by atoms with Crippen LogP contribution in [0, 0.1) is 0 Å². The summed E-state index contributed by atoms with van der Waals surface area (Å²) in [5, 5.41) is 17.6. The van der Waals surface area contributed by atoms with Gasteiger partial charge in [-0.1, -0.05) is 91.0 Å². The average Bonchev–Trinajstić information content (AvgIpc) is 3.42. The number of anilines is 3. The summed E-state index contributed by atoms with van der Waals surface area (Å²) in [4.78, 5) is 80.6. The van der Waals surface area contributed by atoms with Crippen molar-refractivity contribution < 1.29 is 28.8 Å². The molecule has 0 aliphatic heterocycles. The molecule has 6 aromatic rings. The third-order valence-electron chi connectivity index (χ3n) is 12.3. The van der Waals surface area contributed by atoms with Crippen LogP contribution in [-0.2, 0) is 14.4 Å². The summed E-state index contributed by atoms with van der Waals surface area (Å²) in [5.41, 5.74) is 22.8. The minimum absolute atomic E-state index is 0.350. The quantitative estimate of drug-likeness (QED) is 0.0183. The first-order valence-electron chi connectivity index (χ1n) is 25.0. The standard InChI is InChI=1S/C58H67N9O6/c59-37-13-10-22-49(65-53(68)43-16-4-1-5-17-43)56(71)62-46-31-25-40(26-32-46)52(41-27-33-47(34-28-41)63-57(72)50(23-11-14-38-60)66-54(69)44-18-6-2-7-19-44)42-29-35-48(36-30-42)64-58(73)51(24-12-15-39-61)67-55(70)45-20-8-3-9-21-45/h1-9,16-21,25-36,49-52H,10-15,22-24,37-39,59-61H2,(H,62,71)(H,63,72)(H,64,73)(H,65,68)(H,66,69)(H,67,70)/t49-,50-,51-/m1/s1. The molecule has 0 heterocycles. The molecule has 380 valence electrons. The zero-order valence-electron chi connectivity index (χ0n) is 41.1. The van der Waals surface area contributed by atoms with Crippen molar-refractivity contribution in [3.05, 3.63) is 197 Å². The van der Waals surface area contributed by atoms with Gasteiger partial charge in [-0.25, -0.2) is 0 Å². The third kappa shape index (κ3) is 16.8. The number of amides is 6. The second-order valence-corrected chi connectivity index (χ2v) is 17.8. The molecule has 6 rings (SSSR count). The number of hydrogen-bond acceptors (Lipinski definition) is 9. The van der Waals surface area contributed by atoms with E-state index in [0.717, 1.165) is 16.7 Å². The lowest BCUT2D eigenvalue weighted by Crippen LogP contribution is -2.43. The smallest absolute Gasteiger partial charge is 0.251 e. The van der Waals surface area contributed by atoms with E-state index in [1.165, 1.54) is 0 Å². The lowest BCUT2D eigenvalue weighted by Gasteiger charge is -2.22. The molecule has 6 aromatic carbocycles. The average molecular weight is 986 g/mol. The molecule has 0 aliphatic carbocycles. The zero-order valence-corrected chi connectivity index (χ0v) is 41.1. The van der Waals surface area contributed by atoms with Crippen LogP contribution in [0.25, 0.3) is 0 Å². The number of carbonyl (C=O) groups excluding carboxylic acids is 6. The number of carbonyl (C=O) groups is 6. The fourth-order valence-corrected chi connectivity index (χ4v) is 8.32. The number of nitrogens with one attached hydrogen (secondary N) is 6. The normalized spacial score (nSPS) is 12.2. The minimum Gasteiger partial charge on any atom is -0.340 e. The molecule has 0 radical (unpaired) electrons. The van der Waals surface area contributed by atoms with Gasteiger partial charge in [-0.3, -0.25) is 28.8 Å². The summed E-state index contributed by atoms with van der Waals surface area (Å²) in [6.07, 6.45) is 5.27. The monoisotopic (exact) mass is 986 g/mol. The zero-order chi connectivity index (χ0) is 51.8. The molecule has 0 aliphatic rings. The van der Waals surface area contributed by atoms with E-state index < -0.39 is 18.1 Å². The number of hydrogen-bond donors (Lipinski definition) is 9. The molecule has 73 heavy (non-hydrogen) atoms. The Morgan fingerprint density at radius 3 is 0.808 bits per heavy atom. The lowest BCUT2D eigenvalue weighted by atomic mass is 9.85. The van der Waals surface area contributed by atoms with E-state index in [4.69, 9.17) is 17.2 Å². The van der Waals surface area contributed by atoms with Crippen LogP contribution < -0.4 is 49.1 Å². The molecule has 0 fully saturated rings. The van der Waals surface area contributed by atoms with Crippen molar-refractivity contribution >= 4 is 52.5 Å². The Labute approximate surface area is 427 Å². The molecule has 3 atom stereocenters. The number of nitrogens with two attached hydrogens (primary N) is 3. The Morgan fingerprint density at radius 1 is 0.329 bits per heavy atom. The molecular weight excluding hydrogens is 919 g/mol. The van der Waals surface area contributed by atoms with E-state index in [-0.39, 0.29) is 41.4 Å². The molecule has 6 amide bonds. The highest BCUT2D eigenvalue weighted by Crippen LogP contribution is 2.34. The van der Waals surface area contributed by atoms with E-state index in [0.29, 0.717) is 111 Å². The maximum absolute atomic E-state index is 13.7. The summed E-state index contributed by atoms with van der Waals surface area (Å²) in [7, 11) is 0. The van der Waals surface area contributed by atoms with Gasteiger partial charge in [0, 0.05) is 39.7 Å². The van der Waals surface area contributed by atoms with Crippen molar-refractivity contribution in [1.29, 1.82) is 0 Å². The Morgan fingerprint density at radius 2 is 0.575 bits per heavy atom. The molecule has 0 spiro atoms. The number of benzene rings is 6. The highest BCUT2D eigenvalue weighted by molar-refractivity contribution is 6.03. The first-order chi connectivity index (χ1) is 35.6. The van der Waals surface area contributed by atoms with Crippen LogP contribution in [0.15, 0.2) is 164 Å². The van der Waals surface area contributed by atoms with Crippen molar-refractivity contribution in [1.82, 2.24) is 16.0 Å². The van der Waals surface area contributed by atoms with Crippen molar-refractivity contribution in [3.63, 3.8) is 0 Å². The minimum atomic E-state index is -0.799. The van der Waals surface area contributed by atoms with E-state index >= 15 is 0 Å². The van der Waals surface area contributed by atoms with Crippen LogP contribution in [0.4, 0.5) is 17.1 Å². The van der Waals surface area contributed by atoms with E-state index in [1.807, 2.05) is 91.0 Å². The summed E-state index contributed by atoms with van der Waals surface area (Å²) in [6.45, 7) is 1.40. The van der Waals surface area contributed by atoms with E-state index in [1.54, 1.807) is 72.8 Å². The lowest BCUT2D eigenvalue weighted by molar-refractivity contribution is -0.118. The maximum atomic E-state index is 13.7. The van der Waals surface area contributed by atoms with Gasteiger partial charge in [0.25, 0.3) is 17.7 Å². The van der Waals surface area contributed by atoms with Crippen LogP contribution in [0.3, 0.4) is 0 Å². The summed E-state index contributed by atoms with van der Waals surface area (Å²) in [6, 6.07) is 46.2. The maximum Gasteiger partial charge on any atom is 0.251 e. The second kappa shape index (κ2) is 28.8. The SMILES string of the molecule is NCCCC[C@@H](NC(=O)c1ccccc1)C(=O)Nc1ccc(C(c2ccc(NC(=O)[C@@H](CCCCN)NC(=O)c3ccccc3)cc2)c2ccc(NC(=O)[C@@H](CCCCN)NC(=O)c3ccccc3)cc2)cc1. The van der Waals surface area contributed by atoms with Crippen LogP contribution in [-0.4, -0.2) is 73.2 Å². The predicted molar refractivity (Wildman–Crippen MR) is 288 cm³/mol. The fraction of sp³-hybridized carbons (Fsp3) is 0.276. The highest BCUT2D eigenvalue weighted by Gasteiger charge is 2.25. The Balaban J connectivity index is 1.24. The second-order valence-electron chi connectivity index (χ2n) is 17.8. The molecule has 15 heteroatoms. The topological polar surface area (TPSA) is 253 Å².